The fourth-order valence-electron chi connectivity index (χ4n) is 1.94. The van der Waals surface area contributed by atoms with Crippen LogP contribution in [0.25, 0.3) is 0 Å². The Morgan fingerprint density at radius 3 is 2.35 bits per heavy atom. The van der Waals surface area contributed by atoms with Crippen molar-refractivity contribution < 1.29 is 9.59 Å². The molecule has 17 heavy (non-hydrogen) atoms. The summed E-state index contributed by atoms with van der Waals surface area (Å²) in [7, 11) is 0. The second-order valence-corrected chi connectivity index (χ2v) is 4.49. The van der Waals surface area contributed by atoms with Crippen LogP contribution in [0.1, 0.15) is 39.0 Å². The third-order valence-electron chi connectivity index (χ3n) is 2.92. The summed E-state index contributed by atoms with van der Waals surface area (Å²) in [6.07, 6.45) is 5.72. The number of carbonyl (C=O) groups is 2. The summed E-state index contributed by atoms with van der Waals surface area (Å²) in [5.74, 6) is -0.232. The summed E-state index contributed by atoms with van der Waals surface area (Å²) in [6, 6.07) is 0.481. The number of hydrogen-bond acceptors (Lipinski definition) is 3. The van der Waals surface area contributed by atoms with E-state index < -0.39 is 0 Å². The van der Waals surface area contributed by atoms with Crippen LogP contribution >= 0.6 is 0 Å². The third kappa shape index (κ3) is 6.26. The maximum absolute atomic E-state index is 11.4. The second-order valence-electron chi connectivity index (χ2n) is 4.49. The number of rotatable bonds is 7. The molecule has 5 nitrogen and oxygen atoms in total. The first-order chi connectivity index (χ1) is 8.22. The molecular weight excluding hydrogens is 218 g/mol. The van der Waals surface area contributed by atoms with Crippen molar-refractivity contribution in [3.63, 3.8) is 0 Å². The highest BCUT2D eigenvalue weighted by Gasteiger charge is 2.15. The third-order valence-corrected chi connectivity index (χ3v) is 2.92. The molecule has 1 rings (SSSR count). The van der Waals surface area contributed by atoms with E-state index in [4.69, 9.17) is 0 Å². The molecule has 0 aromatic rings. The molecule has 1 aliphatic carbocycles. The molecule has 0 spiro atoms. The minimum atomic E-state index is -0.124. The number of carbonyl (C=O) groups excluding carboxylic acids is 2. The molecule has 3 N–H and O–H groups in total. The summed E-state index contributed by atoms with van der Waals surface area (Å²) in [5, 5.41) is 8.52. The van der Waals surface area contributed by atoms with Crippen LogP contribution in [0.15, 0.2) is 0 Å². The molecule has 0 heterocycles. The first kappa shape index (κ1) is 14.0. The SMILES string of the molecule is CCCNC(=O)CNC(=O)CNC1CCCC1. The molecule has 1 fully saturated rings. The smallest absolute Gasteiger partial charge is 0.239 e. The molecule has 0 unspecified atom stereocenters. The predicted molar refractivity (Wildman–Crippen MR) is 66.6 cm³/mol. The van der Waals surface area contributed by atoms with Gasteiger partial charge in [0.25, 0.3) is 0 Å². The van der Waals surface area contributed by atoms with E-state index >= 15 is 0 Å². The van der Waals surface area contributed by atoms with Gasteiger partial charge in [0.15, 0.2) is 0 Å². The van der Waals surface area contributed by atoms with Gasteiger partial charge in [-0.3, -0.25) is 9.59 Å². The molecule has 1 aliphatic rings. The van der Waals surface area contributed by atoms with Crippen LogP contribution in [-0.4, -0.2) is 37.5 Å². The standard InChI is InChI=1S/C12H23N3O2/c1-2-7-13-11(16)9-15-12(17)8-14-10-5-3-4-6-10/h10,14H,2-9H2,1H3,(H,13,16)(H,15,17). The van der Waals surface area contributed by atoms with E-state index in [2.05, 4.69) is 16.0 Å². The van der Waals surface area contributed by atoms with Gasteiger partial charge in [-0.05, 0) is 19.3 Å². The second kappa shape index (κ2) is 8.06. The largest absolute Gasteiger partial charge is 0.355 e. The van der Waals surface area contributed by atoms with Gasteiger partial charge in [0.05, 0.1) is 13.1 Å². The van der Waals surface area contributed by atoms with Gasteiger partial charge in [-0.1, -0.05) is 19.8 Å². The van der Waals surface area contributed by atoms with E-state index in [-0.39, 0.29) is 18.4 Å². The van der Waals surface area contributed by atoms with Crippen LogP contribution in [0.3, 0.4) is 0 Å². The van der Waals surface area contributed by atoms with Gasteiger partial charge in [0, 0.05) is 12.6 Å². The highest BCUT2D eigenvalue weighted by atomic mass is 16.2. The lowest BCUT2D eigenvalue weighted by atomic mass is 10.2. The maximum Gasteiger partial charge on any atom is 0.239 e. The lowest BCUT2D eigenvalue weighted by molar-refractivity contribution is -0.125. The maximum atomic E-state index is 11.4. The lowest BCUT2D eigenvalue weighted by Crippen LogP contribution is -2.42. The zero-order chi connectivity index (χ0) is 12.5. The van der Waals surface area contributed by atoms with Crippen molar-refractivity contribution in [3.05, 3.63) is 0 Å². The zero-order valence-corrected chi connectivity index (χ0v) is 10.6. The van der Waals surface area contributed by atoms with Crippen LogP contribution in [0, 0.1) is 0 Å². The summed E-state index contributed by atoms with van der Waals surface area (Å²) < 4.78 is 0. The van der Waals surface area contributed by atoms with Gasteiger partial charge in [0.2, 0.25) is 11.8 Å². The molecule has 0 aromatic heterocycles. The van der Waals surface area contributed by atoms with Crippen LogP contribution in [0.2, 0.25) is 0 Å². The minimum absolute atomic E-state index is 0.0746. The Morgan fingerprint density at radius 2 is 1.71 bits per heavy atom. The molecule has 0 radical (unpaired) electrons. The molecule has 5 heteroatoms. The monoisotopic (exact) mass is 241 g/mol. The van der Waals surface area contributed by atoms with Crippen LogP contribution in [-0.2, 0) is 9.59 Å². The topological polar surface area (TPSA) is 70.2 Å². The molecule has 0 aliphatic heterocycles. The van der Waals surface area contributed by atoms with Crippen LogP contribution < -0.4 is 16.0 Å². The van der Waals surface area contributed by atoms with Crippen molar-refractivity contribution in [3.8, 4) is 0 Å². The number of hydrogen-bond donors (Lipinski definition) is 3. The van der Waals surface area contributed by atoms with Crippen LogP contribution in [0.4, 0.5) is 0 Å². The van der Waals surface area contributed by atoms with Gasteiger partial charge in [-0.2, -0.15) is 0 Å². The fourth-order valence-corrected chi connectivity index (χ4v) is 1.94. The van der Waals surface area contributed by atoms with Gasteiger partial charge in [0.1, 0.15) is 0 Å². The summed E-state index contributed by atoms with van der Waals surface area (Å²) >= 11 is 0. The van der Waals surface area contributed by atoms with E-state index in [9.17, 15) is 9.59 Å². The molecule has 0 atom stereocenters. The predicted octanol–water partition coefficient (Wildman–Crippen LogP) is 0.161. The van der Waals surface area contributed by atoms with Gasteiger partial charge < -0.3 is 16.0 Å². The van der Waals surface area contributed by atoms with E-state index in [1.807, 2.05) is 6.92 Å². The van der Waals surface area contributed by atoms with Crippen molar-refractivity contribution in [2.45, 2.75) is 45.1 Å². The van der Waals surface area contributed by atoms with Crippen molar-refractivity contribution >= 4 is 11.8 Å². The first-order valence-electron chi connectivity index (χ1n) is 6.49. The van der Waals surface area contributed by atoms with E-state index in [0.717, 1.165) is 19.3 Å². The molecule has 1 saturated carbocycles. The number of nitrogens with one attached hydrogen (secondary N) is 3. The molecule has 2 amide bonds. The Hall–Kier alpha value is -1.10. The highest BCUT2D eigenvalue weighted by molar-refractivity contribution is 5.85. The minimum Gasteiger partial charge on any atom is -0.355 e. The fraction of sp³-hybridized carbons (Fsp3) is 0.833. The molecule has 0 bridgehead atoms. The highest BCUT2D eigenvalue weighted by Crippen LogP contribution is 2.16. The Morgan fingerprint density at radius 1 is 1.06 bits per heavy atom. The van der Waals surface area contributed by atoms with Gasteiger partial charge in [-0.15, -0.1) is 0 Å². The van der Waals surface area contributed by atoms with Gasteiger partial charge >= 0.3 is 0 Å². The summed E-state index contributed by atoms with van der Waals surface area (Å²) in [4.78, 5) is 22.6. The summed E-state index contributed by atoms with van der Waals surface area (Å²) in [5.41, 5.74) is 0. The zero-order valence-electron chi connectivity index (χ0n) is 10.6. The lowest BCUT2D eigenvalue weighted by Gasteiger charge is -2.11. The van der Waals surface area contributed by atoms with E-state index in [0.29, 0.717) is 19.1 Å². The molecule has 98 valence electrons. The molecular formula is C12H23N3O2. The van der Waals surface area contributed by atoms with Crippen molar-refractivity contribution in [2.75, 3.05) is 19.6 Å². The first-order valence-corrected chi connectivity index (χ1v) is 6.49. The molecule has 0 aromatic carbocycles. The Labute approximate surface area is 103 Å². The Bertz CT molecular complexity index is 250. The number of amides is 2. The van der Waals surface area contributed by atoms with Crippen molar-refractivity contribution in [1.82, 2.24) is 16.0 Å². The van der Waals surface area contributed by atoms with E-state index in [1.54, 1.807) is 0 Å². The Kier molecular flexibility index (Phi) is 6.62. The average Bonchev–Trinajstić information content (AvgIpc) is 2.84. The van der Waals surface area contributed by atoms with Crippen LogP contribution in [0.5, 0.6) is 0 Å². The normalized spacial score (nSPS) is 15.8. The van der Waals surface area contributed by atoms with Crippen molar-refractivity contribution in [2.24, 2.45) is 0 Å². The quantitative estimate of drug-likeness (QED) is 0.594. The average molecular weight is 241 g/mol. The Balaban J connectivity index is 2.02. The van der Waals surface area contributed by atoms with Crippen molar-refractivity contribution in [1.29, 1.82) is 0 Å². The molecule has 0 saturated heterocycles. The van der Waals surface area contributed by atoms with Gasteiger partial charge in [-0.25, -0.2) is 0 Å². The summed E-state index contributed by atoms with van der Waals surface area (Å²) in [6.45, 7) is 3.04. The van der Waals surface area contributed by atoms with E-state index in [1.165, 1.54) is 12.8 Å².